The Bertz CT molecular complexity index is 921. The van der Waals surface area contributed by atoms with E-state index in [1.807, 2.05) is 37.5 Å². The van der Waals surface area contributed by atoms with E-state index in [1.54, 1.807) is 35.3 Å². The van der Waals surface area contributed by atoms with Gasteiger partial charge in [0.25, 0.3) is 0 Å². The van der Waals surface area contributed by atoms with Crippen molar-refractivity contribution in [1.82, 2.24) is 19.5 Å². The number of aromatic nitrogens is 3. The van der Waals surface area contributed by atoms with Crippen molar-refractivity contribution in [2.75, 3.05) is 0 Å². The van der Waals surface area contributed by atoms with Crippen LogP contribution in [0.3, 0.4) is 0 Å². The maximum atomic E-state index is 12.3. The molecule has 0 aliphatic rings. The highest BCUT2D eigenvalue weighted by Gasteiger charge is 2.14. The number of benzene rings is 1. The first-order chi connectivity index (χ1) is 11.5. The van der Waals surface area contributed by atoms with E-state index in [2.05, 4.69) is 14.8 Å². The molecule has 0 spiro atoms. The van der Waals surface area contributed by atoms with E-state index in [0.717, 1.165) is 22.4 Å². The molecule has 3 aromatic rings. The van der Waals surface area contributed by atoms with Crippen molar-refractivity contribution in [3.05, 3.63) is 72.2 Å². The molecule has 0 saturated heterocycles. The van der Waals surface area contributed by atoms with Crippen LogP contribution in [0.1, 0.15) is 11.1 Å². The molecule has 0 fully saturated rings. The number of hydrogen-bond donors (Lipinski definition) is 1. The molecule has 0 amide bonds. The highest BCUT2D eigenvalue weighted by molar-refractivity contribution is 7.88. The van der Waals surface area contributed by atoms with Gasteiger partial charge < -0.3 is 0 Å². The van der Waals surface area contributed by atoms with E-state index < -0.39 is 10.0 Å². The van der Waals surface area contributed by atoms with E-state index in [0.29, 0.717) is 0 Å². The predicted molar refractivity (Wildman–Crippen MR) is 92.3 cm³/mol. The zero-order valence-electron chi connectivity index (χ0n) is 13.3. The molecule has 0 saturated carbocycles. The summed E-state index contributed by atoms with van der Waals surface area (Å²) < 4.78 is 28.9. The fraction of sp³-hybridized carbons (Fsp3) is 0.176. The normalized spacial score (nSPS) is 11.5. The third-order valence-electron chi connectivity index (χ3n) is 3.55. The van der Waals surface area contributed by atoms with Crippen molar-refractivity contribution >= 4 is 10.0 Å². The summed E-state index contributed by atoms with van der Waals surface area (Å²) in [5.74, 6) is -0.0453. The number of sulfonamides is 1. The predicted octanol–water partition coefficient (Wildman–Crippen LogP) is 2.10. The number of nitrogens with one attached hydrogen (secondary N) is 1. The lowest BCUT2D eigenvalue weighted by Crippen LogP contribution is -2.25. The van der Waals surface area contributed by atoms with E-state index in [9.17, 15) is 8.42 Å². The lowest BCUT2D eigenvalue weighted by molar-refractivity contribution is 0.580. The molecule has 0 aliphatic heterocycles. The van der Waals surface area contributed by atoms with Gasteiger partial charge in [-0.15, -0.1) is 0 Å². The fourth-order valence-electron chi connectivity index (χ4n) is 2.42. The minimum absolute atomic E-state index is 0.0453. The molecule has 0 radical (unpaired) electrons. The number of pyridine rings is 1. The van der Waals surface area contributed by atoms with E-state index in [-0.39, 0.29) is 12.3 Å². The van der Waals surface area contributed by atoms with Gasteiger partial charge in [-0.05, 0) is 17.2 Å². The third kappa shape index (κ3) is 4.06. The van der Waals surface area contributed by atoms with Gasteiger partial charge in [-0.1, -0.05) is 36.4 Å². The Labute approximate surface area is 141 Å². The Hall–Kier alpha value is -2.51. The van der Waals surface area contributed by atoms with Crippen LogP contribution >= 0.6 is 0 Å². The Morgan fingerprint density at radius 2 is 1.92 bits per heavy atom. The summed E-state index contributed by atoms with van der Waals surface area (Å²) in [6.07, 6.45) is 5.25. The average molecular weight is 342 g/mol. The van der Waals surface area contributed by atoms with Crippen LogP contribution in [0.25, 0.3) is 11.3 Å². The largest absolute Gasteiger partial charge is 0.275 e. The summed E-state index contributed by atoms with van der Waals surface area (Å²) in [5, 5.41) is 4.14. The highest BCUT2D eigenvalue weighted by Crippen LogP contribution is 2.20. The molecule has 6 nitrogen and oxygen atoms in total. The molecule has 1 aromatic carbocycles. The summed E-state index contributed by atoms with van der Waals surface area (Å²) in [7, 11) is -1.60. The second kappa shape index (κ2) is 6.94. The number of rotatable bonds is 6. The Kier molecular flexibility index (Phi) is 4.73. The summed E-state index contributed by atoms with van der Waals surface area (Å²) in [6.45, 7) is 0.188. The molecule has 0 unspecified atom stereocenters. The van der Waals surface area contributed by atoms with Gasteiger partial charge in [0.15, 0.2) is 0 Å². The van der Waals surface area contributed by atoms with Crippen molar-refractivity contribution in [3.8, 4) is 11.3 Å². The number of hydrogen-bond acceptors (Lipinski definition) is 4. The van der Waals surface area contributed by atoms with Crippen LogP contribution in [-0.4, -0.2) is 23.2 Å². The van der Waals surface area contributed by atoms with Gasteiger partial charge in [-0.2, -0.15) is 5.10 Å². The smallest absolute Gasteiger partial charge is 0.216 e. The molecule has 0 atom stereocenters. The van der Waals surface area contributed by atoms with E-state index in [4.69, 9.17) is 0 Å². The first kappa shape index (κ1) is 16.4. The zero-order chi connectivity index (χ0) is 17.0. The van der Waals surface area contributed by atoms with Crippen LogP contribution in [0.4, 0.5) is 0 Å². The Balaban J connectivity index is 1.75. The minimum atomic E-state index is -3.43. The van der Waals surface area contributed by atoms with Gasteiger partial charge in [-0.25, -0.2) is 13.1 Å². The minimum Gasteiger partial charge on any atom is -0.275 e. The van der Waals surface area contributed by atoms with E-state index in [1.165, 1.54) is 0 Å². The monoisotopic (exact) mass is 342 g/mol. The van der Waals surface area contributed by atoms with Crippen molar-refractivity contribution in [2.45, 2.75) is 12.3 Å². The molecule has 7 heteroatoms. The van der Waals surface area contributed by atoms with Crippen LogP contribution < -0.4 is 4.72 Å². The molecule has 124 valence electrons. The van der Waals surface area contributed by atoms with Crippen molar-refractivity contribution in [2.24, 2.45) is 7.05 Å². The second-order valence-corrected chi connectivity index (χ2v) is 7.29. The van der Waals surface area contributed by atoms with Crippen molar-refractivity contribution in [3.63, 3.8) is 0 Å². The molecule has 24 heavy (non-hydrogen) atoms. The topological polar surface area (TPSA) is 76.9 Å². The summed E-state index contributed by atoms with van der Waals surface area (Å²) >= 11 is 0. The maximum absolute atomic E-state index is 12.3. The third-order valence-corrected chi connectivity index (χ3v) is 4.85. The lowest BCUT2D eigenvalue weighted by Gasteiger charge is -2.09. The first-order valence-electron chi connectivity index (χ1n) is 7.48. The Morgan fingerprint density at radius 1 is 1.12 bits per heavy atom. The molecule has 0 aliphatic carbocycles. The summed E-state index contributed by atoms with van der Waals surface area (Å²) in [4.78, 5) is 4.36. The average Bonchev–Trinajstić information content (AvgIpc) is 3.00. The van der Waals surface area contributed by atoms with Gasteiger partial charge in [-0.3, -0.25) is 9.67 Å². The highest BCUT2D eigenvalue weighted by atomic mass is 32.2. The number of nitrogens with zero attached hydrogens (tertiary/aromatic N) is 3. The summed E-state index contributed by atoms with van der Waals surface area (Å²) in [5.41, 5.74) is 3.15. The molecule has 3 rings (SSSR count). The molecular formula is C17H18N4O2S. The van der Waals surface area contributed by atoms with Crippen LogP contribution in [0.2, 0.25) is 0 Å². The van der Waals surface area contributed by atoms with Gasteiger partial charge in [0.05, 0.1) is 17.6 Å². The molecule has 1 N–H and O–H groups in total. The second-order valence-electron chi connectivity index (χ2n) is 5.48. The van der Waals surface area contributed by atoms with Crippen LogP contribution in [0, 0.1) is 0 Å². The zero-order valence-corrected chi connectivity index (χ0v) is 14.1. The van der Waals surface area contributed by atoms with Gasteiger partial charge >= 0.3 is 0 Å². The lowest BCUT2D eigenvalue weighted by atomic mass is 10.1. The van der Waals surface area contributed by atoms with Gasteiger partial charge in [0.1, 0.15) is 0 Å². The molecule has 2 heterocycles. The summed E-state index contributed by atoms with van der Waals surface area (Å²) in [6, 6.07) is 12.8. The van der Waals surface area contributed by atoms with Crippen LogP contribution in [0.5, 0.6) is 0 Å². The number of aryl methyl sites for hydroxylation is 1. The van der Waals surface area contributed by atoms with Crippen LogP contribution in [0.15, 0.2) is 61.1 Å². The fourth-order valence-corrected chi connectivity index (χ4v) is 3.53. The molecular weight excluding hydrogens is 324 g/mol. The van der Waals surface area contributed by atoms with Crippen molar-refractivity contribution in [1.29, 1.82) is 0 Å². The molecule has 2 aromatic heterocycles. The van der Waals surface area contributed by atoms with Crippen LogP contribution in [-0.2, 0) is 29.4 Å². The van der Waals surface area contributed by atoms with E-state index >= 15 is 0 Å². The molecule has 0 bridgehead atoms. The Morgan fingerprint density at radius 3 is 2.62 bits per heavy atom. The quantitative estimate of drug-likeness (QED) is 0.744. The standard InChI is InChI=1S/C17H18N4O2S/c1-21-12-16(10-19-21)17-15(8-5-9-18-17)11-20-24(22,23)13-14-6-3-2-4-7-14/h2-10,12,20H,11,13H2,1H3. The SMILES string of the molecule is Cn1cc(-c2ncccc2CNS(=O)(=O)Cc2ccccc2)cn1. The maximum Gasteiger partial charge on any atom is 0.216 e. The van der Waals surface area contributed by atoms with Gasteiger partial charge in [0, 0.05) is 31.5 Å². The van der Waals surface area contributed by atoms with Gasteiger partial charge in [0.2, 0.25) is 10.0 Å². The first-order valence-corrected chi connectivity index (χ1v) is 9.13. The van der Waals surface area contributed by atoms with Crippen molar-refractivity contribution < 1.29 is 8.42 Å².